The summed E-state index contributed by atoms with van der Waals surface area (Å²) in [6.45, 7) is 6.06. The van der Waals surface area contributed by atoms with Crippen LogP contribution in [0.4, 0.5) is 5.95 Å². The van der Waals surface area contributed by atoms with Gasteiger partial charge in [0.15, 0.2) is 0 Å². The van der Waals surface area contributed by atoms with E-state index in [4.69, 9.17) is 10.8 Å². The summed E-state index contributed by atoms with van der Waals surface area (Å²) >= 11 is 0. The lowest BCUT2D eigenvalue weighted by Crippen LogP contribution is -2.20. The molecule has 0 saturated heterocycles. The van der Waals surface area contributed by atoms with Crippen molar-refractivity contribution in [1.82, 2.24) is 19.3 Å². The number of amides is 2. The molecule has 0 saturated carbocycles. The zero-order valence-corrected chi connectivity index (χ0v) is 16.4. The Morgan fingerprint density at radius 1 is 1.21 bits per heavy atom. The Morgan fingerprint density at radius 2 is 1.93 bits per heavy atom. The van der Waals surface area contributed by atoms with Gasteiger partial charge in [0, 0.05) is 18.7 Å². The minimum Gasteiger partial charge on any atom is -0.481 e. The Labute approximate surface area is 166 Å². The third-order valence-corrected chi connectivity index (χ3v) is 4.53. The molecule has 0 spiro atoms. The topological polar surface area (TPSA) is 145 Å². The number of hydrogen-bond donors (Lipinski definition) is 3. The van der Waals surface area contributed by atoms with Crippen LogP contribution >= 0.6 is 0 Å². The van der Waals surface area contributed by atoms with Crippen molar-refractivity contribution in [1.29, 1.82) is 0 Å². The smallest absolute Gasteiger partial charge is 0.305 e. The Balaban J connectivity index is 2.08. The Morgan fingerprint density at radius 3 is 2.55 bits per heavy atom. The highest BCUT2D eigenvalue weighted by molar-refractivity contribution is 6.03. The van der Waals surface area contributed by atoms with E-state index < -0.39 is 17.8 Å². The molecule has 0 aliphatic carbocycles. The van der Waals surface area contributed by atoms with Crippen molar-refractivity contribution in [2.45, 2.75) is 40.3 Å². The minimum absolute atomic E-state index is 0.101. The van der Waals surface area contributed by atoms with Crippen LogP contribution in [0.15, 0.2) is 18.2 Å². The number of fused-ring (bicyclic) bond motifs is 1. The number of rotatable bonds is 7. The standard InChI is InChI=1S/C19H22N6O4/c1-4-25-14(8-11(3)23-25)18(29)22-19-21-13-9-12(17(20)28)7-10(2)16(13)24(19)6-5-15(26)27/h7-9H,4-6H2,1-3H3,(H2,20,28)(H,26,27)(H,21,22,29). The molecule has 2 aromatic heterocycles. The third kappa shape index (κ3) is 3.96. The molecule has 0 aliphatic heterocycles. The number of primary amides is 1. The molecule has 4 N–H and O–H groups in total. The van der Waals surface area contributed by atoms with E-state index in [0.717, 1.165) is 0 Å². The SMILES string of the molecule is CCn1nc(C)cc1C(=O)Nc1nc2cc(C(N)=O)cc(C)c2n1CCC(=O)O. The molecule has 3 aromatic rings. The summed E-state index contributed by atoms with van der Waals surface area (Å²) in [5, 5.41) is 16.1. The van der Waals surface area contributed by atoms with Crippen molar-refractivity contribution in [3.8, 4) is 0 Å². The van der Waals surface area contributed by atoms with Gasteiger partial charge in [0.25, 0.3) is 5.91 Å². The average Bonchev–Trinajstić information content (AvgIpc) is 3.19. The van der Waals surface area contributed by atoms with Crippen molar-refractivity contribution in [2.24, 2.45) is 5.73 Å². The highest BCUT2D eigenvalue weighted by Gasteiger charge is 2.20. The highest BCUT2D eigenvalue weighted by Crippen LogP contribution is 2.26. The lowest BCUT2D eigenvalue weighted by Gasteiger charge is -2.11. The van der Waals surface area contributed by atoms with Crippen LogP contribution in [0, 0.1) is 13.8 Å². The van der Waals surface area contributed by atoms with E-state index in [9.17, 15) is 14.4 Å². The summed E-state index contributed by atoms with van der Waals surface area (Å²) in [4.78, 5) is 39.9. The highest BCUT2D eigenvalue weighted by atomic mass is 16.4. The maximum absolute atomic E-state index is 12.8. The van der Waals surface area contributed by atoms with E-state index in [1.807, 2.05) is 6.92 Å². The quantitative estimate of drug-likeness (QED) is 0.552. The second-order valence-electron chi connectivity index (χ2n) is 6.70. The van der Waals surface area contributed by atoms with Gasteiger partial charge < -0.3 is 15.4 Å². The number of nitrogens with two attached hydrogens (primary N) is 1. The molecule has 152 valence electrons. The van der Waals surface area contributed by atoms with Crippen LogP contribution in [0.2, 0.25) is 0 Å². The molecule has 1 aromatic carbocycles. The monoisotopic (exact) mass is 398 g/mol. The lowest BCUT2D eigenvalue weighted by molar-refractivity contribution is -0.137. The van der Waals surface area contributed by atoms with E-state index in [0.29, 0.717) is 34.5 Å². The predicted molar refractivity (Wildman–Crippen MR) is 106 cm³/mol. The first kappa shape index (κ1) is 20.1. The van der Waals surface area contributed by atoms with Gasteiger partial charge in [-0.2, -0.15) is 5.10 Å². The molecule has 3 rings (SSSR count). The Hall–Kier alpha value is -3.69. The molecule has 29 heavy (non-hydrogen) atoms. The number of nitrogens with one attached hydrogen (secondary N) is 1. The average molecular weight is 398 g/mol. The summed E-state index contributed by atoms with van der Waals surface area (Å²) in [6.07, 6.45) is -0.155. The molecule has 0 atom stereocenters. The fourth-order valence-corrected chi connectivity index (χ4v) is 3.28. The van der Waals surface area contributed by atoms with Crippen molar-refractivity contribution >= 4 is 34.8 Å². The number of nitrogens with zero attached hydrogens (tertiary/aromatic N) is 4. The molecule has 0 bridgehead atoms. The fourth-order valence-electron chi connectivity index (χ4n) is 3.28. The van der Waals surface area contributed by atoms with E-state index in [1.54, 1.807) is 35.2 Å². The van der Waals surface area contributed by atoms with E-state index >= 15 is 0 Å². The van der Waals surface area contributed by atoms with Gasteiger partial charge in [-0.1, -0.05) is 0 Å². The maximum atomic E-state index is 12.8. The molecular formula is C19H22N6O4. The van der Waals surface area contributed by atoms with E-state index in [1.165, 1.54) is 6.07 Å². The summed E-state index contributed by atoms with van der Waals surface area (Å²) in [6, 6.07) is 4.81. The second kappa shape index (κ2) is 7.74. The number of carboxylic acids is 1. The van der Waals surface area contributed by atoms with Crippen LogP contribution < -0.4 is 11.1 Å². The van der Waals surface area contributed by atoms with Crippen LogP contribution in [0.3, 0.4) is 0 Å². The maximum Gasteiger partial charge on any atom is 0.305 e. The first-order valence-electron chi connectivity index (χ1n) is 9.09. The lowest BCUT2D eigenvalue weighted by atomic mass is 10.1. The third-order valence-electron chi connectivity index (χ3n) is 4.53. The fraction of sp³-hybridized carbons (Fsp3) is 0.316. The normalized spacial score (nSPS) is 11.0. The number of hydrogen-bond acceptors (Lipinski definition) is 5. The van der Waals surface area contributed by atoms with Gasteiger partial charge in [-0.05, 0) is 44.5 Å². The number of anilines is 1. The minimum atomic E-state index is -0.977. The number of imidazole rings is 1. The summed E-state index contributed by atoms with van der Waals surface area (Å²) in [5.74, 6) is -1.79. The summed E-state index contributed by atoms with van der Waals surface area (Å²) in [7, 11) is 0. The summed E-state index contributed by atoms with van der Waals surface area (Å²) < 4.78 is 3.20. The number of carboxylic acid groups (broad SMARTS) is 1. The van der Waals surface area contributed by atoms with Crippen molar-refractivity contribution in [3.05, 3.63) is 40.7 Å². The number of benzene rings is 1. The zero-order valence-electron chi connectivity index (χ0n) is 16.4. The number of aromatic nitrogens is 4. The number of carbonyl (C=O) groups excluding carboxylic acids is 2. The molecule has 2 heterocycles. The largest absolute Gasteiger partial charge is 0.481 e. The summed E-state index contributed by atoms with van der Waals surface area (Å²) in [5.41, 5.74) is 8.52. The van der Waals surface area contributed by atoms with Crippen LogP contribution in [0.1, 0.15) is 45.4 Å². The molecular weight excluding hydrogens is 376 g/mol. The van der Waals surface area contributed by atoms with Gasteiger partial charge >= 0.3 is 5.97 Å². The molecule has 10 nitrogen and oxygen atoms in total. The molecule has 0 unspecified atom stereocenters. The predicted octanol–water partition coefficient (Wildman–Crippen LogP) is 1.70. The Bertz CT molecular complexity index is 1130. The van der Waals surface area contributed by atoms with Gasteiger partial charge in [-0.25, -0.2) is 4.98 Å². The zero-order chi connectivity index (χ0) is 21.3. The van der Waals surface area contributed by atoms with Crippen LogP contribution in [0.5, 0.6) is 0 Å². The van der Waals surface area contributed by atoms with Crippen LogP contribution in [-0.4, -0.2) is 42.2 Å². The Kier molecular flexibility index (Phi) is 5.35. The number of aliphatic carboxylic acids is 1. The van der Waals surface area contributed by atoms with Gasteiger partial charge in [0.2, 0.25) is 11.9 Å². The first-order valence-corrected chi connectivity index (χ1v) is 9.09. The molecule has 2 amide bonds. The number of carbonyl (C=O) groups is 3. The van der Waals surface area contributed by atoms with Crippen molar-refractivity contribution in [3.63, 3.8) is 0 Å². The van der Waals surface area contributed by atoms with Crippen molar-refractivity contribution < 1.29 is 19.5 Å². The molecule has 10 heteroatoms. The molecule has 0 aliphatic rings. The van der Waals surface area contributed by atoms with Crippen LogP contribution in [-0.2, 0) is 17.9 Å². The van der Waals surface area contributed by atoms with Gasteiger partial charge in [-0.3, -0.25) is 24.4 Å². The van der Waals surface area contributed by atoms with E-state index in [2.05, 4.69) is 15.4 Å². The molecule has 0 fully saturated rings. The van der Waals surface area contributed by atoms with Gasteiger partial charge in [0.05, 0.1) is 23.1 Å². The first-order chi connectivity index (χ1) is 13.7. The van der Waals surface area contributed by atoms with Crippen LogP contribution in [0.25, 0.3) is 11.0 Å². The molecule has 0 radical (unpaired) electrons. The van der Waals surface area contributed by atoms with Gasteiger partial charge in [-0.15, -0.1) is 0 Å². The van der Waals surface area contributed by atoms with Gasteiger partial charge in [0.1, 0.15) is 5.69 Å². The van der Waals surface area contributed by atoms with Crippen molar-refractivity contribution in [2.75, 3.05) is 5.32 Å². The number of aryl methyl sites for hydroxylation is 4. The second-order valence-corrected chi connectivity index (χ2v) is 6.70. The van der Waals surface area contributed by atoms with E-state index in [-0.39, 0.29) is 24.5 Å².